The molecule has 1 heterocycles. The van der Waals surface area contributed by atoms with Gasteiger partial charge in [0.2, 0.25) is 5.91 Å². The zero-order valence-electron chi connectivity index (χ0n) is 11.6. The van der Waals surface area contributed by atoms with Crippen molar-refractivity contribution in [1.82, 2.24) is 0 Å². The number of rotatable bonds is 3. The van der Waals surface area contributed by atoms with Crippen LogP contribution < -0.4 is 5.32 Å². The van der Waals surface area contributed by atoms with Gasteiger partial charge in [0, 0.05) is 4.88 Å². The van der Waals surface area contributed by atoms with Crippen LogP contribution in [0.15, 0.2) is 0 Å². The van der Waals surface area contributed by atoms with Crippen molar-refractivity contribution in [3.05, 3.63) is 16.0 Å². The molecule has 2 unspecified atom stereocenters. The number of aryl methyl sites for hydroxylation is 1. The molecule has 20 heavy (non-hydrogen) atoms. The van der Waals surface area contributed by atoms with Gasteiger partial charge in [0.1, 0.15) is 0 Å². The van der Waals surface area contributed by atoms with Gasteiger partial charge in [-0.15, -0.1) is 11.3 Å². The van der Waals surface area contributed by atoms with Crippen LogP contribution in [-0.2, 0) is 22.4 Å². The summed E-state index contributed by atoms with van der Waals surface area (Å²) < 4.78 is 0. The van der Waals surface area contributed by atoms with E-state index in [0.29, 0.717) is 12.8 Å². The largest absolute Gasteiger partial charge is 0.481 e. The standard InChI is InChI=1S/C15H19NO3S/c1-8-9-4-2-3-5-12(9)20-14(8)16-13(17)10-6-7-11(10)15(18)19/h10-11H,2-7H2,1H3,(H,16,17)(H,18,19). The first-order valence-electron chi connectivity index (χ1n) is 7.22. The molecule has 2 N–H and O–H groups in total. The molecule has 0 bridgehead atoms. The van der Waals surface area contributed by atoms with E-state index in [1.54, 1.807) is 11.3 Å². The summed E-state index contributed by atoms with van der Waals surface area (Å²) in [5, 5.41) is 12.9. The Bertz CT molecular complexity index is 564. The normalized spacial score (nSPS) is 24.6. The van der Waals surface area contributed by atoms with Gasteiger partial charge in [0.25, 0.3) is 0 Å². The van der Waals surface area contributed by atoms with Crippen molar-refractivity contribution in [2.45, 2.75) is 45.4 Å². The molecule has 1 aromatic heterocycles. The van der Waals surface area contributed by atoms with Crippen LogP contribution >= 0.6 is 11.3 Å². The van der Waals surface area contributed by atoms with Crippen LogP contribution in [0.3, 0.4) is 0 Å². The first-order valence-corrected chi connectivity index (χ1v) is 8.04. The third kappa shape index (κ3) is 2.24. The SMILES string of the molecule is Cc1c(NC(=O)C2CCC2C(=O)O)sc2c1CCCC2. The van der Waals surface area contributed by atoms with Crippen LogP contribution in [0.4, 0.5) is 5.00 Å². The quantitative estimate of drug-likeness (QED) is 0.900. The molecule has 2 atom stereocenters. The Balaban J connectivity index is 1.73. The van der Waals surface area contributed by atoms with Crippen molar-refractivity contribution in [2.75, 3.05) is 5.32 Å². The minimum absolute atomic E-state index is 0.120. The summed E-state index contributed by atoms with van der Waals surface area (Å²) in [7, 11) is 0. The average molecular weight is 293 g/mol. The zero-order valence-corrected chi connectivity index (χ0v) is 12.4. The van der Waals surface area contributed by atoms with Gasteiger partial charge in [0.15, 0.2) is 0 Å². The highest BCUT2D eigenvalue weighted by atomic mass is 32.1. The molecule has 3 rings (SSSR count). The summed E-state index contributed by atoms with van der Waals surface area (Å²) in [5.74, 6) is -1.82. The molecule has 108 valence electrons. The number of anilines is 1. The van der Waals surface area contributed by atoms with Gasteiger partial charge >= 0.3 is 5.97 Å². The van der Waals surface area contributed by atoms with Gasteiger partial charge in [-0.1, -0.05) is 0 Å². The fraction of sp³-hybridized carbons (Fsp3) is 0.600. The summed E-state index contributed by atoms with van der Waals surface area (Å²) in [6.07, 6.45) is 5.97. The van der Waals surface area contributed by atoms with E-state index in [1.165, 1.54) is 28.8 Å². The molecule has 5 heteroatoms. The van der Waals surface area contributed by atoms with Crippen LogP contribution in [0.2, 0.25) is 0 Å². The summed E-state index contributed by atoms with van der Waals surface area (Å²) >= 11 is 1.67. The first kappa shape index (κ1) is 13.6. The number of carboxylic acids is 1. The third-order valence-corrected chi connectivity index (χ3v) is 5.91. The zero-order chi connectivity index (χ0) is 14.3. The predicted octanol–water partition coefficient (Wildman–Crippen LogP) is 2.98. The predicted molar refractivity (Wildman–Crippen MR) is 78.2 cm³/mol. The van der Waals surface area contributed by atoms with Gasteiger partial charge in [-0.3, -0.25) is 9.59 Å². The van der Waals surface area contributed by atoms with Crippen molar-refractivity contribution in [1.29, 1.82) is 0 Å². The fourth-order valence-corrected chi connectivity index (χ4v) is 4.46. The van der Waals surface area contributed by atoms with Crippen LogP contribution in [0.5, 0.6) is 0 Å². The maximum Gasteiger partial charge on any atom is 0.307 e. The van der Waals surface area contributed by atoms with Crippen LogP contribution in [-0.4, -0.2) is 17.0 Å². The number of fused-ring (bicyclic) bond motifs is 1. The van der Waals surface area contributed by atoms with Gasteiger partial charge in [0.05, 0.1) is 16.8 Å². The minimum Gasteiger partial charge on any atom is -0.481 e. The Morgan fingerprint density at radius 3 is 2.50 bits per heavy atom. The molecule has 0 aromatic carbocycles. The number of carbonyl (C=O) groups excluding carboxylic acids is 1. The lowest BCUT2D eigenvalue weighted by Gasteiger charge is -2.31. The lowest BCUT2D eigenvalue weighted by Crippen LogP contribution is -2.41. The molecular formula is C15H19NO3S. The van der Waals surface area contributed by atoms with Crippen LogP contribution in [0.25, 0.3) is 0 Å². The van der Waals surface area contributed by atoms with E-state index < -0.39 is 11.9 Å². The lowest BCUT2D eigenvalue weighted by atomic mass is 9.73. The number of carboxylic acid groups (broad SMARTS) is 1. The molecule has 1 amide bonds. The van der Waals surface area contributed by atoms with Gasteiger partial charge < -0.3 is 10.4 Å². The molecule has 4 nitrogen and oxygen atoms in total. The Morgan fingerprint density at radius 1 is 1.20 bits per heavy atom. The molecule has 0 saturated heterocycles. The first-order chi connectivity index (χ1) is 9.58. The van der Waals surface area contributed by atoms with E-state index in [2.05, 4.69) is 12.2 Å². The van der Waals surface area contributed by atoms with Crippen molar-refractivity contribution in [3.63, 3.8) is 0 Å². The maximum atomic E-state index is 12.2. The third-order valence-electron chi connectivity index (χ3n) is 4.60. The molecule has 1 fully saturated rings. The van der Waals surface area contributed by atoms with E-state index in [9.17, 15) is 9.59 Å². The number of nitrogens with one attached hydrogen (secondary N) is 1. The second kappa shape index (κ2) is 5.20. The Hall–Kier alpha value is -1.36. The second-order valence-corrected chi connectivity index (χ2v) is 6.89. The smallest absolute Gasteiger partial charge is 0.307 e. The van der Waals surface area contributed by atoms with E-state index in [-0.39, 0.29) is 11.8 Å². The molecule has 2 aliphatic carbocycles. The number of amides is 1. The van der Waals surface area contributed by atoms with Crippen molar-refractivity contribution in [2.24, 2.45) is 11.8 Å². The summed E-state index contributed by atoms with van der Waals surface area (Å²) in [6.45, 7) is 2.06. The van der Waals surface area contributed by atoms with E-state index in [4.69, 9.17) is 5.11 Å². The van der Waals surface area contributed by atoms with Crippen LogP contribution in [0.1, 0.15) is 41.7 Å². The Labute approximate surface area is 122 Å². The molecule has 0 aliphatic heterocycles. The molecular weight excluding hydrogens is 274 g/mol. The average Bonchev–Trinajstić information content (AvgIpc) is 2.65. The Kier molecular flexibility index (Phi) is 3.54. The van der Waals surface area contributed by atoms with E-state index in [1.807, 2.05) is 0 Å². The fourth-order valence-electron chi connectivity index (χ4n) is 3.16. The number of aliphatic carboxylic acids is 1. The van der Waals surface area contributed by atoms with Crippen molar-refractivity contribution >= 4 is 28.2 Å². The van der Waals surface area contributed by atoms with Crippen LogP contribution in [0, 0.1) is 18.8 Å². The maximum absolute atomic E-state index is 12.2. The summed E-state index contributed by atoms with van der Waals surface area (Å²) in [6, 6.07) is 0. The van der Waals surface area contributed by atoms with Gasteiger partial charge in [-0.05, 0) is 56.6 Å². The summed E-state index contributed by atoms with van der Waals surface area (Å²) in [4.78, 5) is 24.6. The highest BCUT2D eigenvalue weighted by molar-refractivity contribution is 7.16. The van der Waals surface area contributed by atoms with Gasteiger partial charge in [-0.25, -0.2) is 0 Å². The number of carbonyl (C=O) groups is 2. The molecule has 1 saturated carbocycles. The number of hydrogen-bond donors (Lipinski definition) is 2. The van der Waals surface area contributed by atoms with E-state index in [0.717, 1.165) is 17.8 Å². The number of thiophene rings is 1. The topological polar surface area (TPSA) is 66.4 Å². The highest BCUT2D eigenvalue weighted by Gasteiger charge is 2.41. The highest BCUT2D eigenvalue weighted by Crippen LogP contribution is 2.40. The van der Waals surface area contributed by atoms with Crippen molar-refractivity contribution < 1.29 is 14.7 Å². The molecule has 2 aliphatic rings. The lowest BCUT2D eigenvalue weighted by molar-refractivity contribution is -0.151. The van der Waals surface area contributed by atoms with Gasteiger partial charge in [-0.2, -0.15) is 0 Å². The second-order valence-electron chi connectivity index (χ2n) is 5.78. The molecule has 1 aromatic rings. The molecule has 0 spiro atoms. The molecule has 0 radical (unpaired) electrons. The monoisotopic (exact) mass is 293 g/mol. The Morgan fingerprint density at radius 2 is 1.90 bits per heavy atom. The minimum atomic E-state index is -0.849. The van der Waals surface area contributed by atoms with Crippen molar-refractivity contribution in [3.8, 4) is 0 Å². The number of hydrogen-bond acceptors (Lipinski definition) is 3. The van der Waals surface area contributed by atoms with E-state index >= 15 is 0 Å². The summed E-state index contributed by atoms with van der Waals surface area (Å²) in [5.41, 5.74) is 2.59.